The Bertz CT molecular complexity index is 394. The van der Waals surface area contributed by atoms with E-state index in [0.29, 0.717) is 18.3 Å². The molecule has 0 radical (unpaired) electrons. The third-order valence-corrected chi connectivity index (χ3v) is 3.39. The zero-order valence-corrected chi connectivity index (χ0v) is 10.6. The van der Waals surface area contributed by atoms with Crippen LogP contribution in [0.25, 0.3) is 0 Å². The fourth-order valence-corrected chi connectivity index (χ4v) is 2.36. The van der Waals surface area contributed by atoms with Crippen molar-refractivity contribution >= 4 is 6.09 Å². The molecule has 0 bridgehead atoms. The van der Waals surface area contributed by atoms with E-state index in [1.807, 2.05) is 19.1 Å². The van der Waals surface area contributed by atoms with Crippen LogP contribution in [0, 0.1) is 0 Å². The predicted octanol–water partition coefficient (Wildman–Crippen LogP) is 2.73. The van der Waals surface area contributed by atoms with Gasteiger partial charge in [0.25, 0.3) is 0 Å². The van der Waals surface area contributed by atoms with E-state index in [1.165, 1.54) is 5.56 Å². The molecule has 1 heterocycles. The highest BCUT2D eigenvalue weighted by Crippen LogP contribution is 2.29. The van der Waals surface area contributed by atoms with Crippen LogP contribution >= 0.6 is 0 Å². The fourth-order valence-electron chi connectivity index (χ4n) is 2.36. The molecule has 2 rings (SSSR count). The second-order valence-corrected chi connectivity index (χ2v) is 4.55. The average molecular weight is 249 g/mol. The van der Waals surface area contributed by atoms with Crippen LogP contribution in [0.3, 0.4) is 0 Å². The van der Waals surface area contributed by atoms with Crippen LogP contribution in [0.15, 0.2) is 24.3 Å². The number of benzene rings is 1. The highest BCUT2D eigenvalue weighted by atomic mass is 16.6. The number of hydrogen-bond donors (Lipinski definition) is 1. The molecular weight excluding hydrogens is 230 g/mol. The number of carbonyl (C=O) groups is 1. The lowest BCUT2D eigenvalue weighted by Crippen LogP contribution is -2.38. The highest BCUT2D eigenvalue weighted by Gasteiger charge is 2.24. The Hall–Kier alpha value is -1.71. The Morgan fingerprint density at radius 3 is 2.50 bits per heavy atom. The van der Waals surface area contributed by atoms with E-state index in [9.17, 15) is 9.90 Å². The number of ether oxygens (including phenoxy) is 1. The Kier molecular flexibility index (Phi) is 4.07. The number of piperidine rings is 1. The maximum Gasteiger partial charge on any atom is 0.409 e. The number of likely N-dealkylation sites (tertiary alicyclic amines) is 1. The fraction of sp³-hybridized carbons (Fsp3) is 0.500. The SMILES string of the molecule is CCOC(=O)N1CCC(c2ccc(O)cc2)CC1. The molecule has 1 amide bonds. The average Bonchev–Trinajstić information content (AvgIpc) is 2.40. The summed E-state index contributed by atoms with van der Waals surface area (Å²) < 4.78 is 4.99. The highest BCUT2D eigenvalue weighted by molar-refractivity contribution is 5.67. The van der Waals surface area contributed by atoms with Crippen molar-refractivity contribution in [1.29, 1.82) is 0 Å². The number of carbonyl (C=O) groups excluding carboxylic acids is 1. The second kappa shape index (κ2) is 5.76. The molecule has 1 aliphatic heterocycles. The van der Waals surface area contributed by atoms with E-state index in [4.69, 9.17) is 4.74 Å². The molecule has 0 saturated carbocycles. The number of phenols is 1. The second-order valence-electron chi connectivity index (χ2n) is 4.55. The molecule has 1 saturated heterocycles. The van der Waals surface area contributed by atoms with E-state index in [1.54, 1.807) is 17.0 Å². The van der Waals surface area contributed by atoms with E-state index < -0.39 is 0 Å². The number of phenolic OH excluding ortho intramolecular Hbond substituents is 1. The zero-order valence-electron chi connectivity index (χ0n) is 10.6. The van der Waals surface area contributed by atoms with Gasteiger partial charge in [-0.1, -0.05) is 12.1 Å². The molecule has 1 aromatic carbocycles. The molecule has 1 aliphatic rings. The van der Waals surface area contributed by atoms with Gasteiger partial charge in [0, 0.05) is 13.1 Å². The first-order valence-electron chi connectivity index (χ1n) is 6.41. The summed E-state index contributed by atoms with van der Waals surface area (Å²) in [5.41, 5.74) is 1.23. The summed E-state index contributed by atoms with van der Waals surface area (Å²) in [5.74, 6) is 0.763. The molecule has 0 aliphatic carbocycles. The van der Waals surface area contributed by atoms with Crippen molar-refractivity contribution in [3.8, 4) is 5.75 Å². The molecule has 0 spiro atoms. The number of nitrogens with zero attached hydrogens (tertiary/aromatic N) is 1. The summed E-state index contributed by atoms with van der Waals surface area (Å²) in [6, 6.07) is 7.35. The molecule has 0 atom stereocenters. The molecule has 4 nitrogen and oxygen atoms in total. The van der Waals surface area contributed by atoms with Crippen molar-refractivity contribution in [3.63, 3.8) is 0 Å². The Labute approximate surface area is 107 Å². The molecule has 1 N–H and O–H groups in total. The van der Waals surface area contributed by atoms with Gasteiger partial charge in [0.05, 0.1) is 6.61 Å². The van der Waals surface area contributed by atoms with Crippen LogP contribution in [0.4, 0.5) is 4.79 Å². The van der Waals surface area contributed by atoms with Gasteiger partial charge in [0.1, 0.15) is 5.75 Å². The van der Waals surface area contributed by atoms with Crippen LogP contribution < -0.4 is 0 Å². The van der Waals surface area contributed by atoms with Crippen molar-refractivity contribution < 1.29 is 14.6 Å². The monoisotopic (exact) mass is 249 g/mol. The quantitative estimate of drug-likeness (QED) is 0.876. The summed E-state index contributed by atoms with van der Waals surface area (Å²) in [6.45, 7) is 3.73. The first-order chi connectivity index (χ1) is 8.70. The molecule has 1 aromatic rings. The number of amides is 1. The lowest BCUT2D eigenvalue weighted by molar-refractivity contribution is 0.0971. The maximum atomic E-state index is 11.6. The van der Waals surface area contributed by atoms with Gasteiger partial charge in [-0.15, -0.1) is 0 Å². The Balaban J connectivity index is 1.90. The van der Waals surface area contributed by atoms with Crippen molar-refractivity contribution in [2.75, 3.05) is 19.7 Å². The molecule has 1 fully saturated rings. The lowest BCUT2D eigenvalue weighted by Gasteiger charge is -2.31. The smallest absolute Gasteiger partial charge is 0.409 e. The zero-order chi connectivity index (χ0) is 13.0. The summed E-state index contributed by atoms with van der Waals surface area (Å²) in [5, 5.41) is 9.26. The van der Waals surface area contributed by atoms with Crippen molar-refractivity contribution in [1.82, 2.24) is 4.90 Å². The minimum Gasteiger partial charge on any atom is -0.508 e. The Morgan fingerprint density at radius 2 is 1.94 bits per heavy atom. The predicted molar refractivity (Wildman–Crippen MR) is 68.7 cm³/mol. The van der Waals surface area contributed by atoms with Crippen molar-refractivity contribution in [2.24, 2.45) is 0 Å². The van der Waals surface area contributed by atoms with Crippen LogP contribution in [-0.4, -0.2) is 35.8 Å². The van der Waals surface area contributed by atoms with Crippen LogP contribution in [-0.2, 0) is 4.74 Å². The van der Waals surface area contributed by atoms with Crippen LogP contribution in [0.5, 0.6) is 5.75 Å². The van der Waals surface area contributed by atoms with Crippen LogP contribution in [0.1, 0.15) is 31.2 Å². The third kappa shape index (κ3) is 2.94. The van der Waals surface area contributed by atoms with Gasteiger partial charge in [-0.25, -0.2) is 4.79 Å². The minimum atomic E-state index is -0.207. The molecule has 0 aromatic heterocycles. The largest absolute Gasteiger partial charge is 0.508 e. The van der Waals surface area contributed by atoms with Gasteiger partial charge >= 0.3 is 6.09 Å². The van der Waals surface area contributed by atoms with E-state index in [2.05, 4.69) is 0 Å². The number of hydrogen-bond acceptors (Lipinski definition) is 3. The summed E-state index contributed by atoms with van der Waals surface area (Å²) in [6.07, 6.45) is 1.69. The van der Waals surface area contributed by atoms with Gasteiger partial charge in [0.15, 0.2) is 0 Å². The van der Waals surface area contributed by atoms with Gasteiger partial charge < -0.3 is 14.7 Å². The Morgan fingerprint density at radius 1 is 1.33 bits per heavy atom. The summed E-state index contributed by atoms with van der Waals surface area (Å²) in [4.78, 5) is 13.3. The van der Waals surface area contributed by atoms with E-state index >= 15 is 0 Å². The normalized spacial score (nSPS) is 16.6. The molecule has 98 valence electrons. The van der Waals surface area contributed by atoms with Crippen molar-refractivity contribution in [2.45, 2.75) is 25.7 Å². The van der Waals surface area contributed by atoms with E-state index in [-0.39, 0.29) is 6.09 Å². The standard InChI is InChI=1S/C14H19NO3/c1-2-18-14(17)15-9-7-12(8-10-15)11-3-5-13(16)6-4-11/h3-6,12,16H,2,7-10H2,1H3. The van der Waals surface area contributed by atoms with Gasteiger partial charge in [-0.3, -0.25) is 0 Å². The van der Waals surface area contributed by atoms with E-state index in [0.717, 1.165) is 25.9 Å². The number of aromatic hydroxyl groups is 1. The number of rotatable bonds is 2. The molecule has 0 unspecified atom stereocenters. The third-order valence-electron chi connectivity index (χ3n) is 3.39. The van der Waals surface area contributed by atoms with Gasteiger partial charge in [-0.2, -0.15) is 0 Å². The first-order valence-corrected chi connectivity index (χ1v) is 6.41. The molecule has 18 heavy (non-hydrogen) atoms. The minimum absolute atomic E-state index is 0.207. The molecular formula is C14H19NO3. The lowest BCUT2D eigenvalue weighted by atomic mass is 9.89. The summed E-state index contributed by atoms with van der Waals surface area (Å²) >= 11 is 0. The van der Waals surface area contributed by atoms with Crippen molar-refractivity contribution in [3.05, 3.63) is 29.8 Å². The van der Waals surface area contributed by atoms with Gasteiger partial charge in [-0.05, 0) is 43.4 Å². The van der Waals surface area contributed by atoms with Gasteiger partial charge in [0.2, 0.25) is 0 Å². The maximum absolute atomic E-state index is 11.6. The topological polar surface area (TPSA) is 49.8 Å². The molecule has 4 heteroatoms. The van der Waals surface area contributed by atoms with Crippen LogP contribution in [0.2, 0.25) is 0 Å². The first kappa shape index (κ1) is 12.7. The summed E-state index contributed by atoms with van der Waals surface area (Å²) in [7, 11) is 0.